The van der Waals surface area contributed by atoms with Crippen LogP contribution in [0.15, 0.2) is 12.1 Å². The molecule has 17 heavy (non-hydrogen) atoms. The van der Waals surface area contributed by atoms with Crippen molar-refractivity contribution in [3.8, 4) is 0 Å². The fourth-order valence-corrected chi connectivity index (χ4v) is 1.40. The van der Waals surface area contributed by atoms with Gasteiger partial charge < -0.3 is 4.74 Å². The maximum absolute atomic E-state index is 13.5. The van der Waals surface area contributed by atoms with Crippen LogP contribution in [0.25, 0.3) is 0 Å². The van der Waals surface area contributed by atoms with Gasteiger partial charge in [0, 0.05) is 0 Å². The Labute approximate surface area is 95.2 Å². The van der Waals surface area contributed by atoms with Crippen LogP contribution >= 0.6 is 0 Å². The van der Waals surface area contributed by atoms with E-state index in [1.807, 2.05) is 0 Å². The first-order chi connectivity index (χ1) is 7.81. The molecule has 0 aliphatic heterocycles. The third-order valence-electron chi connectivity index (χ3n) is 2.25. The van der Waals surface area contributed by atoms with Crippen LogP contribution < -0.4 is 0 Å². The van der Waals surface area contributed by atoms with Gasteiger partial charge in [-0.3, -0.25) is 0 Å². The monoisotopic (exact) mass is 250 g/mol. The number of methoxy groups -OCH3 is 1. The average Bonchev–Trinajstić information content (AvgIpc) is 2.25. The summed E-state index contributed by atoms with van der Waals surface area (Å²) in [6.45, 7) is 1.59. The molecule has 0 radical (unpaired) electrons. The fraction of sp³-hybridized carbons (Fsp3) is 0.364. The summed E-state index contributed by atoms with van der Waals surface area (Å²) in [4.78, 5) is 11.1. The van der Waals surface area contributed by atoms with Crippen LogP contribution in [0.2, 0.25) is 0 Å². The van der Waals surface area contributed by atoms with E-state index in [2.05, 4.69) is 4.74 Å². The molecule has 1 rings (SSSR count). The van der Waals surface area contributed by atoms with Gasteiger partial charge in [0.2, 0.25) is 0 Å². The molecule has 0 aliphatic rings. The van der Waals surface area contributed by atoms with Crippen LogP contribution in [-0.4, -0.2) is 13.1 Å². The van der Waals surface area contributed by atoms with Crippen LogP contribution in [0, 0.1) is 5.82 Å². The fourth-order valence-electron chi connectivity index (χ4n) is 1.40. The molecule has 0 N–H and O–H groups in total. The molecule has 2 nitrogen and oxygen atoms in total. The topological polar surface area (TPSA) is 26.3 Å². The molecule has 0 spiro atoms. The lowest BCUT2D eigenvalue weighted by molar-refractivity contribution is -0.138. The molecule has 94 valence electrons. The molecule has 1 aromatic rings. The van der Waals surface area contributed by atoms with E-state index >= 15 is 0 Å². The highest BCUT2D eigenvalue weighted by atomic mass is 19.4. The number of hydrogen-bond acceptors (Lipinski definition) is 2. The molecule has 0 atom stereocenters. The van der Waals surface area contributed by atoms with Crippen molar-refractivity contribution < 1.29 is 27.1 Å². The summed E-state index contributed by atoms with van der Waals surface area (Å²) in [7, 11) is 0.898. The Morgan fingerprint density at radius 3 is 2.35 bits per heavy atom. The first-order valence-corrected chi connectivity index (χ1v) is 4.79. The molecule has 0 saturated carbocycles. The zero-order valence-corrected chi connectivity index (χ0v) is 9.19. The van der Waals surface area contributed by atoms with Crippen molar-refractivity contribution >= 4 is 5.97 Å². The maximum atomic E-state index is 13.5. The molecule has 0 aromatic heterocycles. The Morgan fingerprint density at radius 1 is 1.35 bits per heavy atom. The normalized spacial score (nSPS) is 11.4. The van der Waals surface area contributed by atoms with E-state index in [0.717, 1.165) is 19.2 Å². The second-order valence-electron chi connectivity index (χ2n) is 3.34. The SMILES string of the molecule is CCc1cc(F)c(C(=O)OC)c(C(F)(F)F)c1. The van der Waals surface area contributed by atoms with Gasteiger partial charge >= 0.3 is 12.1 Å². The number of carbonyl (C=O) groups is 1. The van der Waals surface area contributed by atoms with Gasteiger partial charge in [-0.15, -0.1) is 0 Å². The van der Waals surface area contributed by atoms with Crippen molar-refractivity contribution in [2.24, 2.45) is 0 Å². The third kappa shape index (κ3) is 2.75. The summed E-state index contributed by atoms with van der Waals surface area (Å²) < 4.78 is 55.6. The highest BCUT2D eigenvalue weighted by Crippen LogP contribution is 2.34. The van der Waals surface area contributed by atoms with Gasteiger partial charge in [0.25, 0.3) is 0 Å². The number of alkyl halides is 3. The molecule has 1 aromatic carbocycles. The standard InChI is InChI=1S/C11H10F4O2/c1-3-6-4-7(11(13,14)15)9(8(12)5-6)10(16)17-2/h4-5H,3H2,1-2H3. The summed E-state index contributed by atoms with van der Waals surface area (Å²) in [5, 5.41) is 0. The van der Waals surface area contributed by atoms with Crippen molar-refractivity contribution in [1.29, 1.82) is 0 Å². The largest absolute Gasteiger partial charge is 0.465 e. The Balaban J connectivity index is 3.51. The molecule has 0 saturated heterocycles. The number of ether oxygens (including phenoxy) is 1. The predicted octanol–water partition coefficient (Wildman–Crippen LogP) is 3.19. The summed E-state index contributed by atoms with van der Waals surface area (Å²) in [6.07, 6.45) is -4.56. The molecule has 0 fully saturated rings. The predicted molar refractivity (Wildman–Crippen MR) is 52.1 cm³/mol. The first-order valence-electron chi connectivity index (χ1n) is 4.79. The lowest BCUT2D eigenvalue weighted by Crippen LogP contribution is -2.17. The lowest BCUT2D eigenvalue weighted by Gasteiger charge is -2.13. The maximum Gasteiger partial charge on any atom is 0.417 e. The van der Waals surface area contributed by atoms with Gasteiger partial charge in [0.15, 0.2) is 0 Å². The highest BCUT2D eigenvalue weighted by Gasteiger charge is 2.37. The van der Waals surface area contributed by atoms with Crippen molar-refractivity contribution in [2.45, 2.75) is 19.5 Å². The summed E-state index contributed by atoms with van der Waals surface area (Å²) in [6, 6.07) is 1.66. The molecule has 0 bridgehead atoms. The highest BCUT2D eigenvalue weighted by molar-refractivity contribution is 5.91. The first kappa shape index (κ1) is 13.5. The number of hydrogen-bond donors (Lipinski definition) is 0. The Kier molecular flexibility index (Phi) is 3.75. The average molecular weight is 250 g/mol. The molecule has 0 aliphatic carbocycles. The minimum atomic E-state index is -4.80. The number of esters is 1. The Hall–Kier alpha value is -1.59. The molecule has 6 heteroatoms. The second-order valence-corrected chi connectivity index (χ2v) is 3.34. The van der Waals surface area contributed by atoms with Crippen molar-refractivity contribution in [1.82, 2.24) is 0 Å². The van der Waals surface area contributed by atoms with Crippen LogP contribution in [0.4, 0.5) is 17.6 Å². The molecule has 0 unspecified atom stereocenters. The second kappa shape index (κ2) is 4.73. The quantitative estimate of drug-likeness (QED) is 0.595. The number of halogens is 4. The smallest absolute Gasteiger partial charge is 0.417 e. The van der Waals surface area contributed by atoms with Crippen LogP contribution in [-0.2, 0) is 17.3 Å². The molecular formula is C11H10F4O2. The zero-order chi connectivity index (χ0) is 13.2. The van der Waals surface area contributed by atoms with E-state index in [9.17, 15) is 22.4 Å². The zero-order valence-electron chi connectivity index (χ0n) is 9.19. The van der Waals surface area contributed by atoms with E-state index in [-0.39, 0.29) is 12.0 Å². The Bertz CT molecular complexity index is 438. The summed E-state index contributed by atoms with van der Waals surface area (Å²) >= 11 is 0. The number of carbonyl (C=O) groups excluding carboxylic acids is 1. The van der Waals surface area contributed by atoms with Crippen LogP contribution in [0.5, 0.6) is 0 Å². The van der Waals surface area contributed by atoms with E-state index in [4.69, 9.17) is 0 Å². The molecule has 0 amide bonds. The van der Waals surface area contributed by atoms with E-state index in [1.165, 1.54) is 0 Å². The van der Waals surface area contributed by atoms with Crippen molar-refractivity contribution in [2.75, 3.05) is 7.11 Å². The third-order valence-corrected chi connectivity index (χ3v) is 2.25. The van der Waals surface area contributed by atoms with Gasteiger partial charge in [-0.2, -0.15) is 13.2 Å². The lowest BCUT2D eigenvalue weighted by atomic mass is 10.0. The van der Waals surface area contributed by atoms with Crippen molar-refractivity contribution in [3.05, 3.63) is 34.6 Å². The van der Waals surface area contributed by atoms with E-state index < -0.39 is 29.1 Å². The van der Waals surface area contributed by atoms with Crippen LogP contribution in [0.1, 0.15) is 28.4 Å². The van der Waals surface area contributed by atoms with Crippen LogP contribution in [0.3, 0.4) is 0 Å². The van der Waals surface area contributed by atoms with Gasteiger partial charge in [-0.25, -0.2) is 9.18 Å². The van der Waals surface area contributed by atoms with Gasteiger partial charge in [0.05, 0.1) is 12.7 Å². The molecular weight excluding hydrogens is 240 g/mol. The van der Waals surface area contributed by atoms with Gasteiger partial charge in [-0.1, -0.05) is 6.92 Å². The van der Waals surface area contributed by atoms with Gasteiger partial charge in [0.1, 0.15) is 11.4 Å². The minimum Gasteiger partial charge on any atom is -0.465 e. The van der Waals surface area contributed by atoms with Crippen molar-refractivity contribution in [3.63, 3.8) is 0 Å². The number of benzene rings is 1. The number of rotatable bonds is 2. The minimum absolute atomic E-state index is 0.169. The van der Waals surface area contributed by atoms with E-state index in [0.29, 0.717) is 0 Å². The summed E-state index contributed by atoms with van der Waals surface area (Å²) in [5.74, 6) is -2.55. The van der Waals surface area contributed by atoms with E-state index in [1.54, 1.807) is 6.92 Å². The summed E-state index contributed by atoms with van der Waals surface area (Å²) in [5.41, 5.74) is -2.21. The molecule has 0 heterocycles. The number of aryl methyl sites for hydroxylation is 1. The van der Waals surface area contributed by atoms with Gasteiger partial charge in [-0.05, 0) is 24.1 Å². The Morgan fingerprint density at radius 2 is 1.94 bits per heavy atom.